The molecule has 1 aromatic carbocycles. The van der Waals surface area contributed by atoms with Crippen LogP contribution in [0.25, 0.3) is 16.5 Å². The van der Waals surface area contributed by atoms with Crippen molar-refractivity contribution in [2.75, 3.05) is 5.32 Å². The van der Waals surface area contributed by atoms with Crippen LogP contribution in [0, 0.1) is 0 Å². The third-order valence-corrected chi connectivity index (χ3v) is 4.63. The maximum Gasteiger partial charge on any atom is 0.434 e. The Balaban J connectivity index is 1.81. The van der Waals surface area contributed by atoms with Crippen molar-refractivity contribution < 1.29 is 31.1 Å². The zero-order valence-electron chi connectivity index (χ0n) is 16.1. The highest BCUT2D eigenvalue weighted by atomic mass is 19.4. The summed E-state index contributed by atoms with van der Waals surface area (Å²) in [6.45, 7) is 0. The van der Waals surface area contributed by atoms with E-state index in [0.717, 1.165) is 6.20 Å². The van der Waals surface area contributed by atoms with E-state index in [4.69, 9.17) is 0 Å². The van der Waals surface area contributed by atoms with Gasteiger partial charge in [0.1, 0.15) is 0 Å². The van der Waals surface area contributed by atoms with Gasteiger partial charge in [0, 0.05) is 23.2 Å². The Kier molecular flexibility index (Phi) is 5.18. The van der Waals surface area contributed by atoms with Gasteiger partial charge in [-0.1, -0.05) is 6.07 Å². The van der Waals surface area contributed by atoms with Crippen LogP contribution < -0.4 is 10.9 Å². The van der Waals surface area contributed by atoms with E-state index in [0.29, 0.717) is 23.1 Å². The molecule has 0 fully saturated rings. The van der Waals surface area contributed by atoms with Gasteiger partial charge in [0.2, 0.25) is 0 Å². The lowest BCUT2D eigenvalue weighted by atomic mass is 10.1. The molecule has 4 rings (SSSR count). The van der Waals surface area contributed by atoms with Gasteiger partial charge >= 0.3 is 12.4 Å². The van der Waals surface area contributed by atoms with Gasteiger partial charge in [0.25, 0.3) is 11.5 Å². The van der Waals surface area contributed by atoms with Gasteiger partial charge in [-0.05, 0) is 24.3 Å². The Morgan fingerprint density at radius 1 is 0.970 bits per heavy atom. The lowest BCUT2D eigenvalue weighted by Crippen LogP contribution is -2.21. The average molecular weight is 467 g/mol. The Morgan fingerprint density at radius 2 is 1.73 bits per heavy atom. The minimum absolute atomic E-state index is 0.0969. The second-order valence-electron chi connectivity index (χ2n) is 6.78. The average Bonchev–Trinajstić information content (AvgIpc) is 3.19. The van der Waals surface area contributed by atoms with Gasteiger partial charge in [0.15, 0.2) is 5.69 Å². The maximum absolute atomic E-state index is 14.0. The van der Waals surface area contributed by atoms with Crippen molar-refractivity contribution in [2.24, 2.45) is 0 Å². The zero-order valence-corrected chi connectivity index (χ0v) is 16.1. The fraction of sp³-hybridized carbons (Fsp3) is 0.100. The second kappa shape index (κ2) is 7.76. The Labute approximate surface area is 179 Å². The van der Waals surface area contributed by atoms with Crippen LogP contribution in [0.5, 0.6) is 0 Å². The molecule has 0 spiro atoms. The molecule has 170 valence electrons. The summed E-state index contributed by atoms with van der Waals surface area (Å²) in [4.78, 5) is 30.3. The molecule has 0 aliphatic carbocycles. The van der Waals surface area contributed by atoms with Crippen LogP contribution in [0.2, 0.25) is 0 Å². The summed E-state index contributed by atoms with van der Waals surface area (Å²) in [6, 6.07) is 5.95. The van der Waals surface area contributed by atoms with Crippen molar-refractivity contribution in [3.05, 3.63) is 82.3 Å². The van der Waals surface area contributed by atoms with E-state index >= 15 is 0 Å². The summed E-state index contributed by atoms with van der Waals surface area (Å²) in [5.74, 6) is -1.34. The lowest BCUT2D eigenvalue weighted by molar-refractivity contribution is -0.143. The molecule has 1 amide bonds. The number of alkyl halides is 6. The molecule has 2 N–H and O–H groups in total. The maximum atomic E-state index is 14.0. The van der Waals surface area contributed by atoms with Crippen LogP contribution in [-0.4, -0.2) is 25.7 Å². The highest BCUT2D eigenvalue weighted by molar-refractivity contribution is 6.05. The Morgan fingerprint density at radius 3 is 2.42 bits per heavy atom. The first kappa shape index (κ1) is 22.0. The number of aromatic nitrogens is 4. The first-order valence-corrected chi connectivity index (χ1v) is 9.06. The normalized spacial score (nSPS) is 12.2. The molecule has 0 bridgehead atoms. The van der Waals surface area contributed by atoms with Crippen LogP contribution in [0.15, 0.2) is 59.9 Å². The van der Waals surface area contributed by atoms with Crippen LogP contribution in [0.4, 0.5) is 32.0 Å². The SMILES string of the molecule is O=C(Nc1cncc(C(F)(F)F)c1)c1cnn(-c2cccc3c(=O)[nH]ccc23)c1C(F)(F)F. The number of fused-ring (bicyclic) bond motifs is 1. The number of H-pyrrole nitrogens is 1. The molecular formula is C20H11F6N5O2. The van der Waals surface area contributed by atoms with Crippen LogP contribution in [-0.2, 0) is 12.4 Å². The van der Waals surface area contributed by atoms with E-state index in [1.807, 2.05) is 5.32 Å². The topological polar surface area (TPSA) is 92.7 Å². The fourth-order valence-corrected chi connectivity index (χ4v) is 3.22. The van der Waals surface area contributed by atoms with Gasteiger partial charge < -0.3 is 10.3 Å². The van der Waals surface area contributed by atoms with Crippen molar-refractivity contribution in [3.8, 4) is 5.69 Å². The number of anilines is 1. The summed E-state index contributed by atoms with van der Waals surface area (Å²) in [5.41, 5.74) is -4.69. The number of carbonyl (C=O) groups excluding carboxylic acids is 1. The highest BCUT2D eigenvalue weighted by Crippen LogP contribution is 2.35. The molecular weight excluding hydrogens is 456 g/mol. The first-order valence-electron chi connectivity index (χ1n) is 9.06. The van der Waals surface area contributed by atoms with E-state index < -0.39 is 46.3 Å². The largest absolute Gasteiger partial charge is 0.434 e. The third-order valence-electron chi connectivity index (χ3n) is 4.63. The molecule has 0 radical (unpaired) electrons. The number of aromatic amines is 1. The molecule has 3 heterocycles. The number of nitrogens with one attached hydrogen (secondary N) is 2. The molecule has 0 aliphatic rings. The highest BCUT2D eigenvalue weighted by Gasteiger charge is 2.41. The van der Waals surface area contributed by atoms with Crippen molar-refractivity contribution in [1.29, 1.82) is 0 Å². The predicted molar refractivity (Wildman–Crippen MR) is 104 cm³/mol. The molecule has 7 nitrogen and oxygen atoms in total. The van der Waals surface area contributed by atoms with Crippen molar-refractivity contribution in [3.63, 3.8) is 0 Å². The second-order valence-corrected chi connectivity index (χ2v) is 6.78. The lowest BCUT2D eigenvalue weighted by Gasteiger charge is -2.14. The molecule has 0 saturated heterocycles. The zero-order chi connectivity index (χ0) is 24.0. The van der Waals surface area contributed by atoms with E-state index in [2.05, 4.69) is 15.1 Å². The molecule has 13 heteroatoms. The van der Waals surface area contributed by atoms with E-state index in [9.17, 15) is 35.9 Å². The van der Waals surface area contributed by atoms with Gasteiger partial charge in [-0.3, -0.25) is 14.6 Å². The monoisotopic (exact) mass is 467 g/mol. The molecule has 0 atom stereocenters. The van der Waals surface area contributed by atoms with Gasteiger partial charge in [-0.2, -0.15) is 31.4 Å². The van der Waals surface area contributed by atoms with E-state index in [-0.39, 0.29) is 16.5 Å². The number of amides is 1. The van der Waals surface area contributed by atoms with Crippen LogP contribution >= 0.6 is 0 Å². The molecule has 0 aliphatic heterocycles. The van der Waals surface area contributed by atoms with Crippen molar-refractivity contribution in [2.45, 2.75) is 12.4 Å². The summed E-state index contributed by atoms with van der Waals surface area (Å²) >= 11 is 0. The Hall–Kier alpha value is -4.16. The van der Waals surface area contributed by atoms with E-state index in [1.165, 1.54) is 30.5 Å². The quantitative estimate of drug-likeness (QED) is 0.437. The number of pyridine rings is 2. The minimum Gasteiger partial charge on any atom is -0.329 e. The number of benzene rings is 1. The van der Waals surface area contributed by atoms with Crippen LogP contribution in [0.1, 0.15) is 21.6 Å². The summed E-state index contributed by atoms with van der Waals surface area (Å²) in [5, 5.41) is 5.90. The van der Waals surface area contributed by atoms with Gasteiger partial charge in [-0.25, -0.2) is 4.68 Å². The molecule has 0 saturated carbocycles. The number of hydrogen-bond acceptors (Lipinski definition) is 4. The molecule has 0 unspecified atom stereocenters. The van der Waals surface area contributed by atoms with E-state index in [1.54, 1.807) is 0 Å². The van der Waals surface area contributed by atoms with Crippen molar-refractivity contribution >= 4 is 22.4 Å². The number of halogens is 6. The summed E-state index contributed by atoms with van der Waals surface area (Å²) in [7, 11) is 0. The van der Waals surface area contributed by atoms with Gasteiger partial charge in [-0.15, -0.1) is 0 Å². The standard InChI is InChI=1S/C20H11F6N5O2/c21-19(22,23)10-6-11(8-27-7-10)30-18(33)14-9-29-31(16(14)20(24,25)26)15-3-1-2-13-12(15)4-5-28-17(13)32/h1-9H,(H,28,32)(H,30,33). The number of carbonyl (C=O) groups is 1. The Bertz CT molecular complexity index is 1420. The number of hydrogen-bond donors (Lipinski definition) is 2. The first-order chi connectivity index (χ1) is 15.5. The smallest absolute Gasteiger partial charge is 0.329 e. The minimum atomic E-state index is -5.07. The summed E-state index contributed by atoms with van der Waals surface area (Å²) < 4.78 is 80.9. The number of nitrogens with zero attached hydrogens (tertiary/aromatic N) is 3. The summed E-state index contributed by atoms with van der Waals surface area (Å²) in [6.07, 6.45) is -6.57. The van der Waals surface area contributed by atoms with Gasteiger partial charge in [0.05, 0.1) is 34.9 Å². The molecule has 33 heavy (non-hydrogen) atoms. The van der Waals surface area contributed by atoms with Crippen LogP contribution in [0.3, 0.4) is 0 Å². The molecule has 4 aromatic rings. The number of rotatable bonds is 3. The predicted octanol–water partition coefficient (Wildman–Crippen LogP) is 4.40. The fourth-order valence-electron chi connectivity index (χ4n) is 3.22. The molecule has 3 aromatic heterocycles. The van der Waals surface area contributed by atoms with Crippen molar-refractivity contribution in [1.82, 2.24) is 19.7 Å². The third kappa shape index (κ3) is 4.16.